The highest BCUT2D eigenvalue weighted by Gasteiger charge is 2.16. The zero-order valence-corrected chi connectivity index (χ0v) is 19.1. The van der Waals surface area contributed by atoms with Crippen LogP contribution < -0.4 is 25.0 Å². The molecule has 0 aliphatic carbocycles. The first-order valence-electron chi connectivity index (χ1n) is 10.7. The van der Waals surface area contributed by atoms with Gasteiger partial charge < -0.3 is 20.1 Å². The Hall–Kier alpha value is -4.00. The first kappa shape index (κ1) is 23.7. The molecular weight excluding hydrogens is 418 g/mol. The molecular formula is C26H29N3O4. The van der Waals surface area contributed by atoms with Crippen molar-refractivity contribution < 1.29 is 19.1 Å². The van der Waals surface area contributed by atoms with Crippen molar-refractivity contribution in [3.8, 4) is 11.5 Å². The second-order valence-corrected chi connectivity index (χ2v) is 7.49. The van der Waals surface area contributed by atoms with Crippen LogP contribution in [-0.4, -0.2) is 39.2 Å². The van der Waals surface area contributed by atoms with Crippen LogP contribution in [0, 0.1) is 6.92 Å². The molecule has 0 heterocycles. The number of carbonyl (C=O) groups excluding carboxylic acids is 2. The predicted octanol–water partition coefficient (Wildman–Crippen LogP) is 4.87. The number of nitrogens with one attached hydrogen (secondary N) is 2. The van der Waals surface area contributed by atoms with Gasteiger partial charge in [0.15, 0.2) is 0 Å². The molecule has 33 heavy (non-hydrogen) atoms. The number of para-hydroxylation sites is 1. The van der Waals surface area contributed by atoms with Gasteiger partial charge in [-0.2, -0.15) is 0 Å². The minimum atomic E-state index is -0.234. The number of aryl methyl sites for hydroxylation is 1. The zero-order chi connectivity index (χ0) is 23.6. The van der Waals surface area contributed by atoms with Crippen molar-refractivity contribution >= 4 is 23.3 Å². The molecule has 0 saturated heterocycles. The van der Waals surface area contributed by atoms with E-state index in [-0.39, 0.29) is 11.9 Å². The Morgan fingerprint density at radius 2 is 1.52 bits per heavy atom. The van der Waals surface area contributed by atoms with Gasteiger partial charge in [0.05, 0.1) is 14.2 Å². The summed E-state index contributed by atoms with van der Waals surface area (Å²) in [5, 5.41) is 5.84. The van der Waals surface area contributed by atoms with Crippen LogP contribution in [0.25, 0.3) is 0 Å². The number of carbonyl (C=O) groups is 2. The van der Waals surface area contributed by atoms with Gasteiger partial charge in [0.2, 0.25) is 0 Å². The number of ether oxygens (including phenoxy) is 2. The van der Waals surface area contributed by atoms with Crippen molar-refractivity contribution in [1.29, 1.82) is 0 Å². The minimum Gasteiger partial charge on any atom is -0.497 e. The van der Waals surface area contributed by atoms with Gasteiger partial charge in [0.1, 0.15) is 11.5 Å². The lowest BCUT2D eigenvalue weighted by Crippen LogP contribution is -2.37. The number of nitrogens with zero attached hydrogens (tertiary/aromatic N) is 1. The average molecular weight is 448 g/mol. The van der Waals surface area contributed by atoms with Gasteiger partial charge in [-0.15, -0.1) is 0 Å². The molecule has 3 amide bonds. The molecule has 0 aliphatic heterocycles. The molecule has 0 spiro atoms. The molecule has 0 aromatic heterocycles. The summed E-state index contributed by atoms with van der Waals surface area (Å²) in [5.74, 6) is 0.854. The minimum absolute atomic E-state index is 0.228. The maximum absolute atomic E-state index is 13.0. The summed E-state index contributed by atoms with van der Waals surface area (Å²) < 4.78 is 10.4. The summed E-state index contributed by atoms with van der Waals surface area (Å²) in [6, 6.07) is 21.9. The van der Waals surface area contributed by atoms with Crippen molar-refractivity contribution in [3.63, 3.8) is 0 Å². The van der Waals surface area contributed by atoms with Gasteiger partial charge in [-0.3, -0.25) is 9.69 Å². The third-order valence-electron chi connectivity index (χ3n) is 5.07. The average Bonchev–Trinajstić information content (AvgIpc) is 2.85. The number of benzene rings is 3. The lowest BCUT2D eigenvalue weighted by Gasteiger charge is -2.23. The second kappa shape index (κ2) is 11.6. The van der Waals surface area contributed by atoms with Crippen LogP contribution in [0.5, 0.6) is 11.5 Å². The van der Waals surface area contributed by atoms with Crippen LogP contribution in [0.2, 0.25) is 0 Å². The topological polar surface area (TPSA) is 79.9 Å². The van der Waals surface area contributed by atoms with E-state index in [1.54, 1.807) is 23.1 Å². The summed E-state index contributed by atoms with van der Waals surface area (Å²) in [7, 11) is 3.08. The van der Waals surface area contributed by atoms with E-state index in [0.29, 0.717) is 36.6 Å². The Morgan fingerprint density at radius 3 is 2.12 bits per heavy atom. The first-order valence-corrected chi connectivity index (χ1v) is 10.7. The highest BCUT2D eigenvalue weighted by atomic mass is 16.5. The lowest BCUT2D eigenvalue weighted by molar-refractivity contribution is 0.0952. The molecule has 7 nitrogen and oxygen atoms in total. The molecule has 0 atom stereocenters. The number of urea groups is 1. The first-order chi connectivity index (χ1) is 16.0. The van der Waals surface area contributed by atoms with Crippen LogP contribution in [-0.2, 0) is 0 Å². The Kier molecular flexibility index (Phi) is 8.30. The smallest absolute Gasteiger partial charge is 0.326 e. The highest BCUT2D eigenvalue weighted by Crippen LogP contribution is 2.22. The molecule has 0 aliphatic rings. The normalized spacial score (nSPS) is 10.3. The summed E-state index contributed by atoms with van der Waals surface area (Å²) in [5.41, 5.74) is 3.08. The quantitative estimate of drug-likeness (QED) is 0.459. The van der Waals surface area contributed by atoms with Gasteiger partial charge in [0, 0.05) is 36.1 Å². The molecule has 3 rings (SSSR count). The summed E-state index contributed by atoms with van der Waals surface area (Å²) >= 11 is 0. The molecule has 0 radical (unpaired) electrons. The fraction of sp³-hybridized carbons (Fsp3) is 0.231. The standard InChI is InChI=1S/C26H29N3O4/c1-19-10-12-21(13-11-19)28-26(31)29(22-8-5-4-6-9-22)15-7-14-27-25(30)20-16-23(32-2)18-24(17-20)33-3/h4-6,8-13,16-18H,7,14-15H2,1-3H3,(H,27,30)(H,28,31). The van der Waals surface area contributed by atoms with E-state index < -0.39 is 0 Å². The molecule has 3 aromatic carbocycles. The lowest BCUT2D eigenvalue weighted by atomic mass is 10.2. The Bertz CT molecular complexity index is 1050. The number of hydrogen-bond donors (Lipinski definition) is 2. The van der Waals surface area contributed by atoms with E-state index in [9.17, 15) is 9.59 Å². The molecule has 0 fully saturated rings. The molecule has 0 saturated carbocycles. The fourth-order valence-electron chi connectivity index (χ4n) is 3.26. The summed E-state index contributed by atoms with van der Waals surface area (Å²) in [4.78, 5) is 27.2. The molecule has 2 N–H and O–H groups in total. The van der Waals surface area contributed by atoms with Crippen molar-refractivity contribution in [2.24, 2.45) is 0 Å². The van der Waals surface area contributed by atoms with E-state index in [0.717, 1.165) is 16.9 Å². The Balaban J connectivity index is 1.61. The highest BCUT2D eigenvalue weighted by molar-refractivity contribution is 6.01. The predicted molar refractivity (Wildman–Crippen MR) is 130 cm³/mol. The molecule has 3 aromatic rings. The van der Waals surface area contributed by atoms with Crippen LogP contribution in [0.15, 0.2) is 72.8 Å². The second-order valence-electron chi connectivity index (χ2n) is 7.49. The third kappa shape index (κ3) is 6.74. The van der Waals surface area contributed by atoms with Crippen molar-refractivity contribution in [3.05, 3.63) is 83.9 Å². The summed E-state index contributed by atoms with van der Waals surface area (Å²) in [6.45, 7) is 2.83. The van der Waals surface area contributed by atoms with Gasteiger partial charge >= 0.3 is 6.03 Å². The van der Waals surface area contributed by atoms with E-state index in [1.807, 2.05) is 61.5 Å². The number of hydrogen-bond acceptors (Lipinski definition) is 4. The Labute approximate surface area is 194 Å². The summed E-state index contributed by atoms with van der Waals surface area (Å²) in [6.07, 6.45) is 0.572. The fourth-order valence-corrected chi connectivity index (χ4v) is 3.26. The van der Waals surface area contributed by atoms with Crippen LogP contribution in [0.1, 0.15) is 22.3 Å². The van der Waals surface area contributed by atoms with Crippen LogP contribution in [0.4, 0.5) is 16.2 Å². The van der Waals surface area contributed by atoms with E-state index in [2.05, 4.69) is 10.6 Å². The number of amides is 3. The van der Waals surface area contributed by atoms with Crippen molar-refractivity contribution in [1.82, 2.24) is 5.32 Å². The van der Waals surface area contributed by atoms with Crippen molar-refractivity contribution in [2.45, 2.75) is 13.3 Å². The van der Waals surface area contributed by atoms with Gasteiger partial charge in [-0.1, -0.05) is 35.9 Å². The van der Waals surface area contributed by atoms with Crippen molar-refractivity contribution in [2.75, 3.05) is 37.5 Å². The molecule has 0 bridgehead atoms. The molecule has 7 heteroatoms. The Morgan fingerprint density at radius 1 is 0.879 bits per heavy atom. The van der Waals surface area contributed by atoms with Gasteiger partial charge in [-0.25, -0.2) is 4.79 Å². The zero-order valence-electron chi connectivity index (χ0n) is 19.1. The monoisotopic (exact) mass is 447 g/mol. The third-order valence-corrected chi connectivity index (χ3v) is 5.07. The SMILES string of the molecule is COc1cc(OC)cc(C(=O)NCCCN(C(=O)Nc2ccc(C)cc2)c2ccccc2)c1. The molecule has 0 unspecified atom stereocenters. The maximum atomic E-state index is 13.0. The number of methoxy groups -OCH3 is 2. The number of rotatable bonds is 9. The number of anilines is 2. The van der Waals surface area contributed by atoms with E-state index in [1.165, 1.54) is 14.2 Å². The van der Waals surface area contributed by atoms with Gasteiger partial charge in [-0.05, 0) is 49.7 Å². The van der Waals surface area contributed by atoms with Crippen LogP contribution in [0.3, 0.4) is 0 Å². The molecule has 172 valence electrons. The van der Waals surface area contributed by atoms with Crippen LogP contribution >= 0.6 is 0 Å². The largest absolute Gasteiger partial charge is 0.497 e. The van der Waals surface area contributed by atoms with E-state index in [4.69, 9.17) is 9.47 Å². The van der Waals surface area contributed by atoms with E-state index >= 15 is 0 Å². The maximum Gasteiger partial charge on any atom is 0.326 e. The van der Waals surface area contributed by atoms with Gasteiger partial charge in [0.25, 0.3) is 5.91 Å².